The smallest absolute Gasteiger partial charge is 0.255 e. The van der Waals surface area contributed by atoms with E-state index in [9.17, 15) is 13.2 Å². The number of amides is 1. The molecule has 1 amide bonds. The maximum absolute atomic E-state index is 12.6. The molecule has 6 heteroatoms. The zero-order valence-corrected chi connectivity index (χ0v) is 13.4. The molecule has 0 aliphatic carbocycles. The SMILES string of the molecule is O=C(c1cccnc1)N1CCC(S(=O)(=O)c2ccccc2)CC1. The summed E-state index contributed by atoms with van der Waals surface area (Å²) >= 11 is 0. The number of rotatable bonds is 3. The largest absolute Gasteiger partial charge is 0.339 e. The molecule has 23 heavy (non-hydrogen) atoms. The van der Waals surface area contributed by atoms with Gasteiger partial charge in [0, 0.05) is 25.5 Å². The number of carbonyl (C=O) groups excluding carboxylic acids is 1. The number of carbonyl (C=O) groups is 1. The maximum atomic E-state index is 12.6. The van der Waals surface area contributed by atoms with Crippen LogP contribution in [0.2, 0.25) is 0 Å². The van der Waals surface area contributed by atoms with Gasteiger partial charge in [0.15, 0.2) is 9.84 Å². The molecule has 1 aromatic heterocycles. The van der Waals surface area contributed by atoms with Crippen LogP contribution < -0.4 is 0 Å². The molecule has 0 atom stereocenters. The lowest BCUT2D eigenvalue weighted by Crippen LogP contribution is -2.42. The molecule has 3 rings (SSSR count). The highest BCUT2D eigenvalue weighted by molar-refractivity contribution is 7.92. The molecule has 120 valence electrons. The van der Waals surface area contributed by atoms with Gasteiger partial charge in [0.25, 0.3) is 5.91 Å². The molecule has 1 saturated heterocycles. The van der Waals surface area contributed by atoms with Crippen molar-refractivity contribution in [1.82, 2.24) is 9.88 Å². The molecule has 5 nitrogen and oxygen atoms in total. The van der Waals surface area contributed by atoms with Gasteiger partial charge in [-0.3, -0.25) is 9.78 Å². The molecular weight excluding hydrogens is 312 g/mol. The number of hydrogen-bond donors (Lipinski definition) is 0. The summed E-state index contributed by atoms with van der Waals surface area (Å²) in [6, 6.07) is 12.0. The van der Waals surface area contributed by atoms with Gasteiger partial charge in [0.05, 0.1) is 15.7 Å². The van der Waals surface area contributed by atoms with E-state index >= 15 is 0 Å². The van der Waals surface area contributed by atoms with Gasteiger partial charge in [0.1, 0.15) is 0 Å². The molecule has 0 saturated carbocycles. The van der Waals surface area contributed by atoms with Crippen LogP contribution in [-0.2, 0) is 9.84 Å². The third-order valence-electron chi connectivity index (χ3n) is 4.15. The van der Waals surface area contributed by atoms with Gasteiger partial charge in [-0.15, -0.1) is 0 Å². The normalized spacial score (nSPS) is 16.3. The summed E-state index contributed by atoms with van der Waals surface area (Å²) in [7, 11) is -3.33. The van der Waals surface area contributed by atoms with Crippen molar-refractivity contribution < 1.29 is 13.2 Å². The van der Waals surface area contributed by atoms with Crippen molar-refractivity contribution >= 4 is 15.7 Å². The molecule has 0 radical (unpaired) electrons. The highest BCUT2D eigenvalue weighted by atomic mass is 32.2. The van der Waals surface area contributed by atoms with E-state index in [0.717, 1.165) is 0 Å². The van der Waals surface area contributed by atoms with E-state index in [0.29, 0.717) is 36.4 Å². The second-order valence-corrected chi connectivity index (χ2v) is 7.82. The lowest BCUT2D eigenvalue weighted by atomic mass is 10.1. The van der Waals surface area contributed by atoms with E-state index in [-0.39, 0.29) is 5.91 Å². The Morgan fingerprint density at radius 2 is 1.74 bits per heavy atom. The maximum Gasteiger partial charge on any atom is 0.255 e. The molecule has 1 fully saturated rings. The second-order valence-electron chi connectivity index (χ2n) is 5.59. The first-order valence-electron chi connectivity index (χ1n) is 7.57. The number of aromatic nitrogens is 1. The van der Waals surface area contributed by atoms with Crippen molar-refractivity contribution in [2.75, 3.05) is 13.1 Å². The van der Waals surface area contributed by atoms with Gasteiger partial charge >= 0.3 is 0 Å². The summed E-state index contributed by atoms with van der Waals surface area (Å²) in [5.41, 5.74) is 0.539. The van der Waals surface area contributed by atoms with Gasteiger partial charge in [-0.2, -0.15) is 0 Å². The molecule has 0 N–H and O–H groups in total. The first kappa shape index (κ1) is 15.7. The summed E-state index contributed by atoms with van der Waals surface area (Å²) in [5.74, 6) is -0.0892. The fourth-order valence-electron chi connectivity index (χ4n) is 2.84. The predicted molar refractivity (Wildman–Crippen MR) is 86.8 cm³/mol. The van der Waals surface area contributed by atoms with E-state index in [2.05, 4.69) is 4.98 Å². The van der Waals surface area contributed by atoms with Crippen LogP contribution in [0.3, 0.4) is 0 Å². The third-order valence-corrected chi connectivity index (χ3v) is 6.43. The molecule has 0 spiro atoms. The Hall–Kier alpha value is -2.21. The summed E-state index contributed by atoms with van der Waals surface area (Å²) in [6.07, 6.45) is 4.08. The highest BCUT2D eigenvalue weighted by Gasteiger charge is 2.32. The van der Waals surface area contributed by atoms with Gasteiger partial charge in [-0.1, -0.05) is 18.2 Å². The Morgan fingerprint density at radius 3 is 2.35 bits per heavy atom. The van der Waals surface area contributed by atoms with Crippen LogP contribution in [0.15, 0.2) is 59.8 Å². The Morgan fingerprint density at radius 1 is 1.04 bits per heavy atom. The number of benzene rings is 1. The monoisotopic (exact) mass is 330 g/mol. The van der Waals surface area contributed by atoms with Gasteiger partial charge in [-0.05, 0) is 37.1 Å². The lowest BCUT2D eigenvalue weighted by molar-refractivity contribution is 0.0725. The molecule has 1 aromatic carbocycles. The average molecular weight is 330 g/mol. The van der Waals surface area contributed by atoms with E-state index in [1.807, 2.05) is 0 Å². The number of likely N-dealkylation sites (tertiary alicyclic amines) is 1. The van der Waals surface area contributed by atoms with Crippen LogP contribution in [0.25, 0.3) is 0 Å². The van der Waals surface area contributed by atoms with Crippen molar-refractivity contribution in [3.8, 4) is 0 Å². The van der Waals surface area contributed by atoms with E-state index < -0.39 is 15.1 Å². The topological polar surface area (TPSA) is 67.3 Å². The highest BCUT2D eigenvalue weighted by Crippen LogP contribution is 2.25. The molecule has 0 unspecified atom stereocenters. The summed E-state index contributed by atoms with van der Waals surface area (Å²) in [6.45, 7) is 0.898. The summed E-state index contributed by atoms with van der Waals surface area (Å²) in [5, 5.41) is -0.428. The Labute approximate surface area is 135 Å². The van der Waals surface area contributed by atoms with Crippen LogP contribution in [0.5, 0.6) is 0 Å². The van der Waals surface area contributed by atoms with Crippen molar-refractivity contribution in [2.24, 2.45) is 0 Å². The van der Waals surface area contributed by atoms with Crippen LogP contribution in [0, 0.1) is 0 Å². The summed E-state index contributed by atoms with van der Waals surface area (Å²) < 4.78 is 25.2. The minimum Gasteiger partial charge on any atom is -0.339 e. The van der Waals surface area contributed by atoms with Crippen LogP contribution in [-0.4, -0.2) is 42.5 Å². The quantitative estimate of drug-likeness (QED) is 0.865. The fourth-order valence-corrected chi connectivity index (χ4v) is 4.60. The average Bonchev–Trinajstić information content (AvgIpc) is 2.63. The molecular formula is C17H18N2O3S. The molecule has 1 aliphatic heterocycles. The standard InChI is InChI=1S/C17H18N2O3S/c20-17(14-5-4-10-18-13-14)19-11-8-16(9-12-19)23(21,22)15-6-2-1-3-7-15/h1-7,10,13,16H,8-9,11-12H2. The number of piperidine rings is 1. The van der Waals surface area contributed by atoms with Crippen LogP contribution >= 0.6 is 0 Å². The number of hydrogen-bond acceptors (Lipinski definition) is 4. The number of nitrogens with zero attached hydrogens (tertiary/aromatic N) is 2. The number of sulfone groups is 1. The first-order valence-corrected chi connectivity index (χ1v) is 9.12. The van der Waals surface area contributed by atoms with Gasteiger partial charge in [-0.25, -0.2) is 8.42 Å². The summed E-state index contributed by atoms with van der Waals surface area (Å²) in [4.78, 5) is 18.4. The third kappa shape index (κ3) is 3.27. The van der Waals surface area contributed by atoms with E-state index in [1.165, 1.54) is 6.20 Å². The van der Waals surface area contributed by atoms with Crippen LogP contribution in [0.1, 0.15) is 23.2 Å². The van der Waals surface area contributed by atoms with Crippen molar-refractivity contribution in [3.05, 3.63) is 60.4 Å². The Bertz CT molecular complexity index is 768. The first-order chi connectivity index (χ1) is 11.1. The van der Waals surface area contributed by atoms with Crippen molar-refractivity contribution in [1.29, 1.82) is 0 Å². The zero-order chi connectivity index (χ0) is 16.3. The molecule has 2 heterocycles. The van der Waals surface area contributed by atoms with Gasteiger partial charge in [0.2, 0.25) is 0 Å². The van der Waals surface area contributed by atoms with E-state index in [4.69, 9.17) is 0 Å². The Balaban J connectivity index is 1.68. The second kappa shape index (κ2) is 6.50. The van der Waals surface area contributed by atoms with E-state index in [1.54, 1.807) is 53.6 Å². The predicted octanol–water partition coefficient (Wildman–Crippen LogP) is 2.16. The fraction of sp³-hybridized carbons (Fsp3) is 0.294. The zero-order valence-electron chi connectivity index (χ0n) is 12.6. The lowest BCUT2D eigenvalue weighted by Gasteiger charge is -2.31. The minimum atomic E-state index is -3.33. The van der Waals surface area contributed by atoms with Crippen molar-refractivity contribution in [3.63, 3.8) is 0 Å². The Kier molecular flexibility index (Phi) is 4.43. The molecule has 2 aromatic rings. The van der Waals surface area contributed by atoms with Crippen molar-refractivity contribution in [2.45, 2.75) is 23.0 Å². The van der Waals surface area contributed by atoms with Gasteiger partial charge < -0.3 is 4.90 Å². The minimum absolute atomic E-state index is 0.0892. The van der Waals surface area contributed by atoms with Crippen LogP contribution in [0.4, 0.5) is 0 Å². The molecule has 0 bridgehead atoms. The molecule has 1 aliphatic rings. The number of pyridine rings is 1.